The number of halogens is 1. The Morgan fingerprint density at radius 1 is 1.32 bits per heavy atom. The summed E-state index contributed by atoms with van der Waals surface area (Å²) in [7, 11) is 0. The number of hydrogen-bond donors (Lipinski definition) is 2. The number of fused-ring (bicyclic) bond motifs is 5. The molecule has 2 N–H and O–H groups in total. The highest BCUT2D eigenvalue weighted by molar-refractivity contribution is 9.09. The lowest BCUT2D eigenvalue weighted by atomic mass is 9.55. The van der Waals surface area contributed by atoms with Crippen molar-refractivity contribution in [1.29, 1.82) is 0 Å². The van der Waals surface area contributed by atoms with E-state index in [0.29, 0.717) is 29.4 Å². The van der Waals surface area contributed by atoms with Crippen molar-refractivity contribution in [2.75, 3.05) is 5.33 Å². The summed E-state index contributed by atoms with van der Waals surface area (Å²) < 4.78 is 0. The van der Waals surface area contributed by atoms with E-state index in [9.17, 15) is 10.2 Å². The molecule has 1 aromatic rings. The molecule has 0 amide bonds. The fraction of sp³-hybridized carbons (Fsp3) is 0.684. The fourth-order valence-electron chi connectivity index (χ4n) is 5.87. The van der Waals surface area contributed by atoms with E-state index in [-0.39, 0.29) is 11.5 Å². The van der Waals surface area contributed by atoms with Gasteiger partial charge in [0.1, 0.15) is 5.75 Å². The lowest BCUT2D eigenvalue weighted by molar-refractivity contribution is -0.0304. The van der Waals surface area contributed by atoms with Gasteiger partial charge in [0.2, 0.25) is 0 Å². The second kappa shape index (κ2) is 5.24. The number of aryl methyl sites for hydroxylation is 1. The minimum atomic E-state index is -0.154. The summed E-state index contributed by atoms with van der Waals surface area (Å²) in [6.07, 6.45) is 5.61. The number of benzene rings is 1. The number of alkyl halides is 1. The van der Waals surface area contributed by atoms with Gasteiger partial charge in [0.25, 0.3) is 0 Å². The summed E-state index contributed by atoms with van der Waals surface area (Å²) in [5, 5.41) is 21.5. The van der Waals surface area contributed by atoms with Crippen LogP contribution in [0.4, 0.5) is 0 Å². The predicted molar refractivity (Wildman–Crippen MR) is 91.4 cm³/mol. The van der Waals surface area contributed by atoms with Crippen LogP contribution in [-0.2, 0) is 6.42 Å². The monoisotopic (exact) mass is 364 g/mol. The van der Waals surface area contributed by atoms with E-state index >= 15 is 0 Å². The Labute approximate surface area is 141 Å². The van der Waals surface area contributed by atoms with Crippen LogP contribution in [0.1, 0.15) is 49.7 Å². The van der Waals surface area contributed by atoms with Crippen LogP contribution in [0, 0.1) is 23.2 Å². The first-order valence-corrected chi connectivity index (χ1v) is 9.72. The number of phenolic OH excluding ortho intramolecular Hbond substituents is 1. The van der Waals surface area contributed by atoms with Crippen molar-refractivity contribution in [3.63, 3.8) is 0 Å². The van der Waals surface area contributed by atoms with Gasteiger partial charge in [-0.25, -0.2) is 0 Å². The van der Waals surface area contributed by atoms with Gasteiger partial charge in [0.05, 0.1) is 6.10 Å². The highest BCUT2D eigenvalue weighted by Gasteiger charge is 2.57. The van der Waals surface area contributed by atoms with Crippen molar-refractivity contribution in [2.24, 2.45) is 23.2 Å². The maximum absolute atomic E-state index is 10.8. The first kappa shape index (κ1) is 15.0. The van der Waals surface area contributed by atoms with Crippen molar-refractivity contribution in [3.05, 3.63) is 29.3 Å². The standard InChI is InChI=1S/C19H25BrO2/c1-19-7-6-15-14-5-3-13(21)8-11(14)2-4-16(15)17(19)9-12(10-20)18(19)22/h3,5,8,12,15-18,21-22H,2,4,6-7,9-10H2,1H3/t12-,15-,16-,17+,18+,19+/m1/s1. The number of aliphatic hydroxyl groups is 1. The fourth-order valence-corrected chi connectivity index (χ4v) is 6.49. The van der Waals surface area contributed by atoms with Gasteiger partial charge in [0.15, 0.2) is 0 Å². The third-order valence-electron chi connectivity index (χ3n) is 7.02. The van der Waals surface area contributed by atoms with Gasteiger partial charge < -0.3 is 10.2 Å². The largest absolute Gasteiger partial charge is 0.508 e. The van der Waals surface area contributed by atoms with Gasteiger partial charge in [-0.2, -0.15) is 0 Å². The maximum atomic E-state index is 10.8. The Bertz CT molecular complexity index is 587. The van der Waals surface area contributed by atoms with Crippen LogP contribution in [0.3, 0.4) is 0 Å². The normalized spacial score (nSPS) is 43.3. The zero-order valence-electron chi connectivity index (χ0n) is 13.1. The van der Waals surface area contributed by atoms with Crippen LogP contribution in [0.2, 0.25) is 0 Å². The van der Waals surface area contributed by atoms with Crippen LogP contribution < -0.4 is 0 Å². The van der Waals surface area contributed by atoms with Gasteiger partial charge in [-0.05, 0) is 84.5 Å². The first-order chi connectivity index (χ1) is 10.5. The lowest BCUT2D eigenvalue weighted by Crippen LogP contribution is -2.44. The molecule has 2 nitrogen and oxygen atoms in total. The molecule has 2 fully saturated rings. The zero-order valence-corrected chi connectivity index (χ0v) is 14.7. The summed E-state index contributed by atoms with van der Waals surface area (Å²) in [5.41, 5.74) is 2.92. The first-order valence-electron chi connectivity index (χ1n) is 8.60. The molecular weight excluding hydrogens is 340 g/mol. The Balaban J connectivity index is 1.69. The van der Waals surface area contributed by atoms with Crippen molar-refractivity contribution < 1.29 is 10.2 Å². The summed E-state index contributed by atoms with van der Waals surface area (Å²) >= 11 is 3.61. The van der Waals surface area contributed by atoms with E-state index in [2.05, 4.69) is 28.9 Å². The van der Waals surface area contributed by atoms with Crippen LogP contribution in [0.15, 0.2) is 18.2 Å². The van der Waals surface area contributed by atoms with E-state index in [1.807, 2.05) is 12.1 Å². The Hall–Kier alpha value is -0.540. The van der Waals surface area contributed by atoms with Gasteiger partial charge in [-0.15, -0.1) is 0 Å². The molecule has 0 heterocycles. The van der Waals surface area contributed by atoms with Crippen LogP contribution in [0.25, 0.3) is 0 Å². The Morgan fingerprint density at radius 3 is 2.91 bits per heavy atom. The molecular formula is C19H25BrO2. The number of aliphatic hydroxyl groups excluding tert-OH is 1. The molecule has 0 aromatic heterocycles. The molecule has 0 bridgehead atoms. The van der Waals surface area contributed by atoms with Gasteiger partial charge >= 0.3 is 0 Å². The number of rotatable bonds is 1. The van der Waals surface area contributed by atoms with Crippen LogP contribution in [0.5, 0.6) is 5.75 Å². The number of hydrogen-bond acceptors (Lipinski definition) is 2. The SMILES string of the molecule is C[C@]12CC[C@@H]3c4ccc(O)cc4CC[C@H]3[C@@H]1C[C@H](CBr)[C@@H]2O. The van der Waals surface area contributed by atoms with E-state index in [1.54, 1.807) is 0 Å². The molecule has 2 saturated carbocycles. The quantitative estimate of drug-likeness (QED) is 0.732. The summed E-state index contributed by atoms with van der Waals surface area (Å²) in [4.78, 5) is 0. The van der Waals surface area contributed by atoms with Gasteiger partial charge in [0, 0.05) is 5.33 Å². The molecule has 0 aliphatic heterocycles. The van der Waals surface area contributed by atoms with E-state index < -0.39 is 0 Å². The smallest absolute Gasteiger partial charge is 0.115 e. The average molecular weight is 365 g/mol. The predicted octanol–water partition coefficient (Wildman–Crippen LogP) is 4.23. The molecule has 0 unspecified atom stereocenters. The summed E-state index contributed by atoms with van der Waals surface area (Å²) in [6.45, 7) is 2.33. The third-order valence-corrected chi connectivity index (χ3v) is 7.86. The highest BCUT2D eigenvalue weighted by Crippen LogP contribution is 2.62. The molecule has 1 aromatic carbocycles. The minimum absolute atomic E-state index is 0.105. The van der Waals surface area contributed by atoms with Crippen LogP contribution in [-0.4, -0.2) is 21.6 Å². The third kappa shape index (κ3) is 2.01. The average Bonchev–Trinajstić information content (AvgIpc) is 2.78. The van der Waals surface area contributed by atoms with E-state index in [1.165, 1.54) is 24.0 Å². The molecule has 3 heteroatoms. The molecule has 3 aliphatic carbocycles. The molecule has 0 radical (unpaired) electrons. The van der Waals surface area contributed by atoms with Crippen molar-refractivity contribution in [3.8, 4) is 5.75 Å². The Morgan fingerprint density at radius 2 is 2.14 bits per heavy atom. The minimum Gasteiger partial charge on any atom is -0.508 e. The molecule has 4 rings (SSSR count). The van der Waals surface area contributed by atoms with E-state index in [0.717, 1.165) is 24.6 Å². The molecule has 22 heavy (non-hydrogen) atoms. The molecule has 0 spiro atoms. The summed E-state index contributed by atoms with van der Waals surface area (Å²) in [6, 6.07) is 5.96. The summed E-state index contributed by atoms with van der Waals surface area (Å²) in [5.74, 6) is 2.78. The zero-order chi connectivity index (χ0) is 15.5. The van der Waals surface area contributed by atoms with Crippen molar-refractivity contribution >= 4 is 15.9 Å². The molecule has 3 aliphatic rings. The molecule has 120 valence electrons. The number of phenols is 1. The number of aromatic hydroxyl groups is 1. The van der Waals surface area contributed by atoms with Crippen LogP contribution >= 0.6 is 15.9 Å². The molecule has 6 atom stereocenters. The lowest BCUT2D eigenvalue weighted by Gasteiger charge is -2.50. The maximum Gasteiger partial charge on any atom is 0.115 e. The van der Waals surface area contributed by atoms with Gasteiger partial charge in [-0.3, -0.25) is 0 Å². The van der Waals surface area contributed by atoms with Crippen molar-refractivity contribution in [2.45, 2.75) is 51.0 Å². The second-order valence-electron chi connectivity index (χ2n) is 7.94. The molecule has 0 saturated heterocycles. The highest BCUT2D eigenvalue weighted by atomic mass is 79.9. The topological polar surface area (TPSA) is 40.5 Å². The second-order valence-corrected chi connectivity index (χ2v) is 8.59. The van der Waals surface area contributed by atoms with Crippen molar-refractivity contribution in [1.82, 2.24) is 0 Å². The Kier molecular flexibility index (Phi) is 3.58. The van der Waals surface area contributed by atoms with E-state index in [4.69, 9.17) is 0 Å². The van der Waals surface area contributed by atoms with Gasteiger partial charge in [-0.1, -0.05) is 28.9 Å².